The van der Waals surface area contributed by atoms with Crippen LogP contribution in [0.25, 0.3) is 0 Å². The second kappa shape index (κ2) is 7.55. The molecule has 2 aromatic carbocycles. The summed E-state index contributed by atoms with van der Waals surface area (Å²) in [4.78, 5) is 13.6. The number of nitrogens with one attached hydrogen (secondary N) is 2. The fraction of sp³-hybridized carbons (Fsp3) is 0.368. The highest BCUT2D eigenvalue weighted by molar-refractivity contribution is 5.32. The van der Waals surface area contributed by atoms with E-state index in [-0.39, 0.29) is 10.6 Å². The van der Waals surface area contributed by atoms with Crippen LogP contribution in [0.5, 0.6) is 0 Å². The maximum absolute atomic E-state index is 10.7. The lowest BCUT2D eigenvalue weighted by Crippen LogP contribution is -3.27. The lowest BCUT2D eigenvalue weighted by Gasteiger charge is -2.29. The minimum Gasteiger partial charge on any atom is -0.322 e. The van der Waals surface area contributed by atoms with E-state index in [1.165, 1.54) is 29.8 Å². The van der Waals surface area contributed by atoms with Crippen LogP contribution in [0.3, 0.4) is 0 Å². The average Bonchev–Trinajstić information content (AvgIpc) is 2.59. The van der Waals surface area contributed by atoms with Gasteiger partial charge in [-0.05, 0) is 19.1 Å². The van der Waals surface area contributed by atoms with Crippen molar-refractivity contribution in [2.45, 2.75) is 20.0 Å². The summed E-state index contributed by atoms with van der Waals surface area (Å²) in [5, 5.41) is 10.7. The van der Waals surface area contributed by atoms with Crippen LogP contribution in [0.2, 0.25) is 0 Å². The lowest BCUT2D eigenvalue weighted by molar-refractivity contribution is -1.02. The van der Waals surface area contributed by atoms with Gasteiger partial charge in [0.15, 0.2) is 0 Å². The van der Waals surface area contributed by atoms with Gasteiger partial charge in [0, 0.05) is 23.3 Å². The summed E-state index contributed by atoms with van der Waals surface area (Å²) in [6.07, 6.45) is 0. The first kappa shape index (κ1) is 16.6. The number of non-ortho nitro benzene ring substituents is 1. The van der Waals surface area contributed by atoms with Gasteiger partial charge in [-0.2, -0.15) is 0 Å². The smallest absolute Gasteiger partial charge is 0.269 e. The number of nitro benzene ring substituents is 1. The molecule has 3 rings (SSSR count). The van der Waals surface area contributed by atoms with E-state index in [1.54, 1.807) is 21.9 Å². The summed E-state index contributed by atoms with van der Waals surface area (Å²) in [5.74, 6) is 0. The third-order valence-corrected chi connectivity index (χ3v) is 4.84. The fourth-order valence-electron chi connectivity index (χ4n) is 3.33. The normalized spacial score (nSPS) is 20.7. The van der Waals surface area contributed by atoms with Crippen LogP contribution in [-0.4, -0.2) is 31.1 Å². The highest BCUT2D eigenvalue weighted by Gasteiger charge is 2.23. The molecular formula is C19H25N3O2+2. The maximum atomic E-state index is 10.7. The minimum absolute atomic E-state index is 0.168. The molecule has 2 aromatic rings. The van der Waals surface area contributed by atoms with Crippen molar-refractivity contribution in [3.63, 3.8) is 0 Å². The number of hydrogen-bond donors (Lipinski definition) is 2. The van der Waals surface area contributed by atoms with E-state index in [0.29, 0.717) is 0 Å². The molecule has 0 amide bonds. The van der Waals surface area contributed by atoms with Crippen molar-refractivity contribution < 1.29 is 14.7 Å². The summed E-state index contributed by atoms with van der Waals surface area (Å²) in [5.41, 5.74) is 4.07. The molecular weight excluding hydrogens is 302 g/mol. The van der Waals surface area contributed by atoms with Gasteiger partial charge in [0.25, 0.3) is 5.69 Å². The van der Waals surface area contributed by atoms with E-state index in [1.807, 2.05) is 12.1 Å². The van der Waals surface area contributed by atoms with E-state index in [0.717, 1.165) is 26.2 Å². The number of quaternary nitrogens is 2. The molecule has 126 valence electrons. The molecule has 0 aromatic heterocycles. The van der Waals surface area contributed by atoms with Crippen LogP contribution >= 0.6 is 0 Å². The van der Waals surface area contributed by atoms with Gasteiger partial charge in [0.05, 0.1) is 4.92 Å². The lowest BCUT2D eigenvalue weighted by atomic mass is 10.1. The Labute approximate surface area is 142 Å². The Balaban J connectivity index is 1.48. The summed E-state index contributed by atoms with van der Waals surface area (Å²) in [6, 6.07) is 15.8. The summed E-state index contributed by atoms with van der Waals surface area (Å²) >= 11 is 0. The maximum Gasteiger partial charge on any atom is 0.269 e. The number of nitro groups is 1. The molecule has 24 heavy (non-hydrogen) atoms. The molecule has 1 aliphatic rings. The molecule has 0 spiro atoms. The number of piperazine rings is 1. The van der Waals surface area contributed by atoms with Crippen LogP contribution in [-0.2, 0) is 13.1 Å². The highest BCUT2D eigenvalue weighted by Crippen LogP contribution is 2.11. The Hall–Kier alpha value is -2.24. The molecule has 1 saturated heterocycles. The third kappa shape index (κ3) is 4.40. The second-order valence-corrected chi connectivity index (χ2v) is 6.76. The molecule has 1 heterocycles. The Kier molecular flexibility index (Phi) is 5.23. The quantitative estimate of drug-likeness (QED) is 0.616. The van der Waals surface area contributed by atoms with Crippen molar-refractivity contribution in [3.05, 3.63) is 75.3 Å². The van der Waals surface area contributed by atoms with Crippen LogP contribution in [0.1, 0.15) is 16.7 Å². The average molecular weight is 327 g/mol. The zero-order chi connectivity index (χ0) is 16.9. The largest absolute Gasteiger partial charge is 0.322 e. The van der Waals surface area contributed by atoms with Crippen molar-refractivity contribution in [2.24, 2.45) is 0 Å². The van der Waals surface area contributed by atoms with Crippen LogP contribution in [0.4, 0.5) is 5.69 Å². The van der Waals surface area contributed by atoms with Gasteiger partial charge in [0.2, 0.25) is 0 Å². The molecule has 0 saturated carbocycles. The topological polar surface area (TPSA) is 52.0 Å². The van der Waals surface area contributed by atoms with E-state index in [2.05, 4.69) is 31.2 Å². The zero-order valence-corrected chi connectivity index (χ0v) is 14.1. The van der Waals surface area contributed by atoms with E-state index >= 15 is 0 Å². The van der Waals surface area contributed by atoms with Crippen molar-refractivity contribution in [1.82, 2.24) is 0 Å². The van der Waals surface area contributed by atoms with Gasteiger partial charge in [-0.25, -0.2) is 0 Å². The number of hydrogen-bond acceptors (Lipinski definition) is 2. The molecule has 5 heteroatoms. The summed E-state index contributed by atoms with van der Waals surface area (Å²) < 4.78 is 0. The predicted octanol–water partition coefficient (Wildman–Crippen LogP) is 0.387. The molecule has 1 fully saturated rings. The summed E-state index contributed by atoms with van der Waals surface area (Å²) in [6.45, 7) is 8.83. The first-order chi connectivity index (χ1) is 11.6. The van der Waals surface area contributed by atoms with Gasteiger partial charge in [0.1, 0.15) is 39.3 Å². The standard InChI is InChI=1S/C19H23N3O2/c1-16-2-4-17(5-3-16)14-20-10-12-21(13-11-20)15-18-6-8-19(9-7-18)22(23)24/h2-9H,10-15H2,1H3/p+2. The summed E-state index contributed by atoms with van der Waals surface area (Å²) in [7, 11) is 0. The van der Waals surface area contributed by atoms with Crippen LogP contribution in [0, 0.1) is 17.0 Å². The van der Waals surface area contributed by atoms with Gasteiger partial charge in [-0.1, -0.05) is 29.8 Å². The number of aryl methyl sites for hydroxylation is 1. The zero-order valence-electron chi connectivity index (χ0n) is 14.1. The second-order valence-electron chi connectivity index (χ2n) is 6.76. The van der Waals surface area contributed by atoms with Gasteiger partial charge in [-0.15, -0.1) is 0 Å². The third-order valence-electron chi connectivity index (χ3n) is 4.84. The van der Waals surface area contributed by atoms with Gasteiger partial charge >= 0.3 is 0 Å². The molecule has 1 aliphatic heterocycles. The molecule has 0 aliphatic carbocycles. The minimum atomic E-state index is -0.343. The number of nitrogens with zero attached hydrogens (tertiary/aromatic N) is 1. The van der Waals surface area contributed by atoms with E-state index < -0.39 is 0 Å². The first-order valence-electron chi connectivity index (χ1n) is 8.56. The molecule has 0 atom stereocenters. The highest BCUT2D eigenvalue weighted by atomic mass is 16.6. The van der Waals surface area contributed by atoms with Crippen molar-refractivity contribution in [1.29, 1.82) is 0 Å². The Morgan fingerprint density at radius 2 is 1.25 bits per heavy atom. The molecule has 2 N–H and O–H groups in total. The fourth-order valence-corrected chi connectivity index (χ4v) is 3.33. The first-order valence-corrected chi connectivity index (χ1v) is 8.56. The molecule has 5 nitrogen and oxygen atoms in total. The van der Waals surface area contributed by atoms with Crippen molar-refractivity contribution >= 4 is 5.69 Å². The Morgan fingerprint density at radius 1 is 0.833 bits per heavy atom. The number of rotatable bonds is 5. The van der Waals surface area contributed by atoms with E-state index in [9.17, 15) is 10.1 Å². The van der Waals surface area contributed by atoms with Crippen LogP contribution in [0.15, 0.2) is 48.5 Å². The van der Waals surface area contributed by atoms with Crippen LogP contribution < -0.4 is 9.80 Å². The predicted molar refractivity (Wildman–Crippen MR) is 93.1 cm³/mol. The molecule has 0 unspecified atom stereocenters. The monoisotopic (exact) mass is 327 g/mol. The van der Waals surface area contributed by atoms with Crippen molar-refractivity contribution in [2.75, 3.05) is 26.2 Å². The Bertz CT molecular complexity index is 675. The van der Waals surface area contributed by atoms with Gasteiger partial charge < -0.3 is 9.80 Å². The SMILES string of the molecule is Cc1ccc(C[NH+]2CC[NH+](Cc3ccc([N+](=O)[O-])cc3)CC2)cc1. The van der Waals surface area contributed by atoms with Crippen molar-refractivity contribution in [3.8, 4) is 0 Å². The van der Waals surface area contributed by atoms with Gasteiger partial charge in [-0.3, -0.25) is 10.1 Å². The molecule has 0 radical (unpaired) electrons. The van der Waals surface area contributed by atoms with E-state index in [4.69, 9.17) is 0 Å². The Morgan fingerprint density at radius 3 is 1.67 bits per heavy atom. The molecule has 0 bridgehead atoms. The number of benzene rings is 2.